The van der Waals surface area contributed by atoms with Gasteiger partial charge in [-0.3, -0.25) is 4.79 Å². The van der Waals surface area contributed by atoms with Gasteiger partial charge in [0.05, 0.1) is 36.6 Å². The standard InChI is InChI=1S/C27H26ClN3O7/c28-17-3-1-16(2-4-17)10-30-26(32)22-9-23(37-19-5-6-31-18(7-19)12-35-27(31)33)21(25-11-29-15-36-25)8-24(22)38-20-13-34-14-20/h1-4,8-9,11,15,18-20H,5-7,10,12-14H2,(H,30,32)/t18-,19-/m0/s1. The number of carbonyl (C=O) groups is 2. The highest BCUT2D eigenvalue weighted by molar-refractivity contribution is 6.30. The van der Waals surface area contributed by atoms with E-state index >= 15 is 0 Å². The molecule has 3 saturated heterocycles. The summed E-state index contributed by atoms with van der Waals surface area (Å²) in [4.78, 5) is 31.1. The van der Waals surface area contributed by atoms with Crippen LogP contribution in [0.2, 0.25) is 5.02 Å². The Kier molecular flexibility index (Phi) is 6.82. The first-order valence-corrected chi connectivity index (χ1v) is 12.9. The minimum Gasteiger partial charge on any atom is -0.489 e. The predicted molar refractivity (Wildman–Crippen MR) is 135 cm³/mol. The molecule has 1 aromatic heterocycles. The van der Waals surface area contributed by atoms with Crippen LogP contribution in [0.5, 0.6) is 11.5 Å². The molecule has 2 amide bonds. The zero-order valence-corrected chi connectivity index (χ0v) is 21.2. The number of piperidine rings is 1. The summed E-state index contributed by atoms with van der Waals surface area (Å²) in [5.74, 6) is 1.04. The molecule has 3 aliphatic heterocycles. The van der Waals surface area contributed by atoms with Crippen LogP contribution >= 0.6 is 11.6 Å². The topological polar surface area (TPSA) is 112 Å². The fourth-order valence-electron chi connectivity index (χ4n) is 4.76. The maximum atomic E-state index is 13.4. The maximum Gasteiger partial charge on any atom is 0.410 e. The number of fused-ring (bicyclic) bond motifs is 1. The van der Waals surface area contributed by atoms with Crippen LogP contribution in [0.3, 0.4) is 0 Å². The summed E-state index contributed by atoms with van der Waals surface area (Å²) < 4.78 is 28.7. The number of ether oxygens (including phenoxy) is 4. The summed E-state index contributed by atoms with van der Waals surface area (Å²) in [7, 11) is 0. The van der Waals surface area contributed by atoms with Crippen molar-refractivity contribution < 1.29 is 33.0 Å². The summed E-state index contributed by atoms with van der Waals surface area (Å²) >= 11 is 5.98. The molecule has 11 heteroatoms. The molecule has 0 saturated carbocycles. The number of nitrogens with zero attached hydrogens (tertiary/aromatic N) is 2. The van der Waals surface area contributed by atoms with Gasteiger partial charge in [-0.25, -0.2) is 9.78 Å². The minimum absolute atomic E-state index is 0.0293. The molecule has 0 unspecified atom stereocenters. The van der Waals surface area contributed by atoms with E-state index in [-0.39, 0.29) is 30.3 Å². The molecule has 0 spiro atoms. The first kappa shape index (κ1) is 24.6. The lowest BCUT2D eigenvalue weighted by molar-refractivity contribution is -0.0798. The predicted octanol–water partition coefficient (Wildman–Crippen LogP) is 4.06. The highest BCUT2D eigenvalue weighted by Crippen LogP contribution is 2.39. The van der Waals surface area contributed by atoms with Crippen molar-refractivity contribution in [2.24, 2.45) is 0 Å². The van der Waals surface area contributed by atoms with Gasteiger partial charge < -0.3 is 33.6 Å². The van der Waals surface area contributed by atoms with Crippen molar-refractivity contribution in [3.63, 3.8) is 0 Å². The molecule has 3 aromatic rings. The molecule has 4 heterocycles. The second-order valence-corrected chi connectivity index (χ2v) is 9.92. The van der Waals surface area contributed by atoms with Crippen LogP contribution in [0.4, 0.5) is 4.79 Å². The molecule has 2 aromatic carbocycles. The van der Waals surface area contributed by atoms with E-state index in [2.05, 4.69) is 10.3 Å². The molecule has 10 nitrogen and oxygen atoms in total. The molecule has 2 atom stereocenters. The van der Waals surface area contributed by atoms with Gasteiger partial charge in [-0.1, -0.05) is 23.7 Å². The smallest absolute Gasteiger partial charge is 0.410 e. The van der Waals surface area contributed by atoms with E-state index < -0.39 is 0 Å². The third-order valence-corrected chi connectivity index (χ3v) is 7.14. The number of hydrogen-bond acceptors (Lipinski definition) is 8. The lowest BCUT2D eigenvalue weighted by Crippen LogP contribution is -2.44. The van der Waals surface area contributed by atoms with Crippen molar-refractivity contribution in [2.75, 3.05) is 26.4 Å². The van der Waals surface area contributed by atoms with E-state index in [9.17, 15) is 9.59 Å². The Morgan fingerprint density at radius 1 is 1.11 bits per heavy atom. The first-order valence-electron chi connectivity index (χ1n) is 12.5. The van der Waals surface area contributed by atoms with E-state index in [0.29, 0.717) is 79.2 Å². The van der Waals surface area contributed by atoms with Gasteiger partial charge in [0.1, 0.15) is 30.3 Å². The van der Waals surface area contributed by atoms with Crippen LogP contribution in [0.1, 0.15) is 28.8 Å². The van der Waals surface area contributed by atoms with Gasteiger partial charge in [0.2, 0.25) is 0 Å². The first-order chi connectivity index (χ1) is 18.5. The number of nitrogens with one attached hydrogen (secondary N) is 1. The SMILES string of the molecule is O=C(NCc1ccc(Cl)cc1)c1cc(O[C@H]2CCN3C(=O)OC[C@@H]3C2)c(-c2cnco2)cc1OC1COC1. The number of carbonyl (C=O) groups excluding carboxylic acids is 2. The quantitative estimate of drug-likeness (QED) is 0.456. The number of hydrogen-bond donors (Lipinski definition) is 1. The Morgan fingerprint density at radius 2 is 1.92 bits per heavy atom. The Balaban J connectivity index is 1.29. The molecule has 1 N–H and O–H groups in total. The molecule has 3 aliphatic rings. The lowest BCUT2D eigenvalue weighted by atomic mass is 10.0. The van der Waals surface area contributed by atoms with Gasteiger partial charge in [-0.15, -0.1) is 0 Å². The van der Waals surface area contributed by atoms with Crippen LogP contribution in [0.25, 0.3) is 11.3 Å². The second kappa shape index (κ2) is 10.5. The zero-order valence-electron chi connectivity index (χ0n) is 20.4. The van der Waals surface area contributed by atoms with Crippen LogP contribution in [0.15, 0.2) is 53.4 Å². The van der Waals surface area contributed by atoms with Gasteiger partial charge in [0, 0.05) is 31.0 Å². The van der Waals surface area contributed by atoms with Crippen molar-refractivity contribution in [2.45, 2.75) is 37.6 Å². The second-order valence-electron chi connectivity index (χ2n) is 9.49. The zero-order chi connectivity index (χ0) is 26.1. The minimum atomic E-state index is -0.311. The molecule has 0 aliphatic carbocycles. The fraction of sp³-hybridized carbons (Fsp3) is 0.370. The fourth-order valence-corrected chi connectivity index (χ4v) is 4.89. The number of rotatable bonds is 8. The third kappa shape index (κ3) is 5.14. The van der Waals surface area contributed by atoms with Gasteiger partial charge in [0.15, 0.2) is 12.2 Å². The summed E-state index contributed by atoms with van der Waals surface area (Å²) in [6.07, 6.45) is 3.57. The average Bonchev–Trinajstić information content (AvgIpc) is 3.56. The Bertz CT molecular complexity index is 1310. The van der Waals surface area contributed by atoms with Crippen molar-refractivity contribution >= 4 is 23.6 Å². The van der Waals surface area contributed by atoms with E-state index in [1.165, 1.54) is 6.39 Å². The highest BCUT2D eigenvalue weighted by Gasteiger charge is 2.39. The number of aromatic nitrogens is 1. The van der Waals surface area contributed by atoms with E-state index in [1.54, 1.807) is 35.4 Å². The van der Waals surface area contributed by atoms with Crippen LogP contribution in [-0.4, -0.2) is 66.5 Å². The average molecular weight is 540 g/mol. The summed E-state index contributed by atoms with van der Waals surface area (Å²) in [5.41, 5.74) is 1.86. The summed E-state index contributed by atoms with van der Waals surface area (Å²) in [6, 6.07) is 10.7. The Labute approximate surface area is 223 Å². The van der Waals surface area contributed by atoms with Crippen molar-refractivity contribution in [3.05, 3.63) is 65.1 Å². The molecule has 0 radical (unpaired) electrons. The number of halogens is 1. The largest absolute Gasteiger partial charge is 0.489 e. The number of benzene rings is 2. The molecule has 198 valence electrons. The Morgan fingerprint density at radius 3 is 2.66 bits per heavy atom. The van der Waals surface area contributed by atoms with Gasteiger partial charge in [0.25, 0.3) is 5.91 Å². The van der Waals surface area contributed by atoms with E-state index in [4.69, 9.17) is 35.0 Å². The maximum absolute atomic E-state index is 13.4. The molecule has 6 rings (SSSR count). The monoisotopic (exact) mass is 539 g/mol. The summed E-state index contributed by atoms with van der Waals surface area (Å²) in [5, 5.41) is 3.59. The van der Waals surface area contributed by atoms with Gasteiger partial charge in [-0.2, -0.15) is 0 Å². The number of cyclic esters (lactones) is 1. The molecular weight excluding hydrogens is 514 g/mol. The summed E-state index contributed by atoms with van der Waals surface area (Å²) in [6.45, 7) is 2.10. The highest BCUT2D eigenvalue weighted by atomic mass is 35.5. The number of amides is 2. The van der Waals surface area contributed by atoms with Crippen molar-refractivity contribution in [3.8, 4) is 22.8 Å². The van der Waals surface area contributed by atoms with Crippen molar-refractivity contribution in [1.29, 1.82) is 0 Å². The van der Waals surface area contributed by atoms with Crippen LogP contribution in [0, 0.1) is 0 Å². The normalized spacial score (nSPS) is 20.9. The van der Waals surface area contributed by atoms with Crippen LogP contribution < -0.4 is 14.8 Å². The number of oxazole rings is 1. The van der Waals surface area contributed by atoms with Gasteiger partial charge >= 0.3 is 6.09 Å². The van der Waals surface area contributed by atoms with E-state index in [1.807, 2.05) is 12.1 Å². The molecule has 3 fully saturated rings. The Hall–Kier alpha value is -3.76. The van der Waals surface area contributed by atoms with Crippen molar-refractivity contribution in [1.82, 2.24) is 15.2 Å². The van der Waals surface area contributed by atoms with E-state index in [0.717, 1.165) is 5.56 Å². The molecule has 38 heavy (non-hydrogen) atoms. The van der Waals surface area contributed by atoms with Gasteiger partial charge in [-0.05, 0) is 29.8 Å². The molecule has 0 bridgehead atoms. The lowest BCUT2D eigenvalue weighted by Gasteiger charge is -2.33. The molecular formula is C27H26ClN3O7. The van der Waals surface area contributed by atoms with Crippen LogP contribution in [-0.2, 0) is 16.0 Å². The third-order valence-electron chi connectivity index (χ3n) is 6.89.